The molecule has 0 heterocycles. The van der Waals surface area contributed by atoms with Gasteiger partial charge in [0.15, 0.2) is 0 Å². The molecule has 2 rings (SSSR count). The number of aromatic carboxylic acids is 1. The predicted octanol–water partition coefficient (Wildman–Crippen LogP) is 3.88. The Bertz CT molecular complexity index is 584. The van der Waals surface area contributed by atoms with Crippen molar-refractivity contribution >= 4 is 39.3 Å². The monoisotopic (exact) mass is 323 g/mol. The molecule has 0 aliphatic carbocycles. The van der Waals surface area contributed by atoms with E-state index >= 15 is 0 Å². The van der Waals surface area contributed by atoms with Crippen molar-refractivity contribution in [1.29, 1.82) is 0 Å². The lowest BCUT2D eigenvalue weighted by atomic mass is 10.2. The summed E-state index contributed by atoms with van der Waals surface area (Å²) in [4.78, 5) is 12.7. The molecule has 0 unspecified atom stereocenters. The molecular weight excluding hydrogens is 314 g/mol. The first-order valence-corrected chi connectivity index (χ1v) is 6.73. The molecule has 5 heteroatoms. The zero-order valence-corrected chi connectivity index (χ0v) is 11.7. The summed E-state index contributed by atoms with van der Waals surface area (Å²) in [5, 5.41) is 8.81. The molecule has 0 bridgehead atoms. The third-order valence-corrected chi connectivity index (χ3v) is 4.29. The molecule has 2 aromatic carbocycles. The van der Waals surface area contributed by atoms with Crippen molar-refractivity contribution < 1.29 is 9.90 Å². The summed E-state index contributed by atoms with van der Waals surface area (Å²) in [6.07, 6.45) is 0. The van der Waals surface area contributed by atoms with Crippen molar-refractivity contribution in [3.63, 3.8) is 0 Å². The first-order valence-electron chi connectivity index (χ1n) is 5.12. The largest absolute Gasteiger partial charge is 0.478 e. The minimum atomic E-state index is -0.916. The number of carboxylic acids is 1. The fourth-order valence-corrected chi connectivity index (χ4v) is 2.85. The highest BCUT2D eigenvalue weighted by atomic mass is 79.9. The van der Waals surface area contributed by atoms with Crippen LogP contribution in [0.5, 0.6) is 0 Å². The summed E-state index contributed by atoms with van der Waals surface area (Å²) in [6, 6.07) is 12.4. The second kappa shape index (κ2) is 5.46. The maximum atomic E-state index is 10.7. The van der Waals surface area contributed by atoms with E-state index < -0.39 is 5.97 Å². The Kier molecular flexibility index (Phi) is 3.93. The first kappa shape index (κ1) is 13.0. The van der Waals surface area contributed by atoms with Crippen LogP contribution in [0, 0.1) is 0 Å². The Morgan fingerprint density at radius 3 is 2.39 bits per heavy atom. The fourth-order valence-electron chi connectivity index (χ4n) is 1.39. The molecule has 3 nitrogen and oxygen atoms in total. The normalized spacial score (nSPS) is 10.3. The van der Waals surface area contributed by atoms with Crippen LogP contribution in [-0.2, 0) is 0 Å². The maximum absolute atomic E-state index is 10.7. The van der Waals surface area contributed by atoms with E-state index in [0.717, 1.165) is 14.3 Å². The molecule has 0 fully saturated rings. The number of halogens is 1. The summed E-state index contributed by atoms with van der Waals surface area (Å²) in [5.74, 6) is -0.916. The highest BCUT2D eigenvalue weighted by Gasteiger charge is 2.05. The third-order valence-electron chi connectivity index (χ3n) is 2.29. The van der Waals surface area contributed by atoms with Crippen LogP contribution in [0.4, 0.5) is 5.69 Å². The van der Waals surface area contributed by atoms with Gasteiger partial charge >= 0.3 is 5.97 Å². The van der Waals surface area contributed by atoms with Crippen molar-refractivity contribution in [2.45, 2.75) is 9.79 Å². The van der Waals surface area contributed by atoms with Crippen LogP contribution in [0.25, 0.3) is 0 Å². The number of benzene rings is 2. The molecule has 18 heavy (non-hydrogen) atoms. The predicted molar refractivity (Wildman–Crippen MR) is 76.1 cm³/mol. The van der Waals surface area contributed by atoms with E-state index in [1.54, 1.807) is 36.0 Å². The van der Waals surface area contributed by atoms with Gasteiger partial charge in [0, 0.05) is 20.0 Å². The number of anilines is 1. The van der Waals surface area contributed by atoms with Crippen LogP contribution in [0.15, 0.2) is 56.7 Å². The molecule has 0 spiro atoms. The van der Waals surface area contributed by atoms with Gasteiger partial charge in [-0.05, 0) is 58.4 Å². The number of carboxylic acid groups (broad SMARTS) is 1. The molecule has 0 aromatic heterocycles. The second-order valence-electron chi connectivity index (χ2n) is 3.62. The van der Waals surface area contributed by atoms with Gasteiger partial charge in [0.2, 0.25) is 0 Å². The maximum Gasteiger partial charge on any atom is 0.335 e. The van der Waals surface area contributed by atoms with Gasteiger partial charge < -0.3 is 10.8 Å². The third kappa shape index (κ3) is 3.05. The summed E-state index contributed by atoms with van der Waals surface area (Å²) >= 11 is 5.00. The molecule has 0 aliphatic heterocycles. The second-order valence-corrected chi connectivity index (χ2v) is 5.59. The van der Waals surface area contributed by atoms with Gasteiger partial charge in [-0.25, -0.2) is 4.79 Å². The van der Waals surface area contributed by atoms with E-state index in [4.69, 9.17) is 10.8 Å². The van der Waals surface area contributed by atoms with Crippen molar-refractivity contribution in [2.24, 2.45) is 0 Å². The minimum Gasteiger partial charge on any atom is -0.478 e. The quantitative estimate of drug-likeness (QED) is 0.841. The van der Waals surface area contributed by atoms with Gasteiger partial charge in [-0.3, -0.25) is 0 Å². The van der Waals surface area contributed by atoms with Gasteiger partial charge in [-0.15, -0.1) is 0 Å². The standard InChI is InChI=1S/C13H10BrNO2S/c14-11-7-9(15)3-6-12(11)18-10-4-1-8(2-5-10)13(16)17/h1-7H,15H2,(H,16,17). The van der Waals surface area contributed by atoms with E-state index in [-0.39, 0.29) is 5.56 Å². The molecule has 0 aliphatic rings. The number of nitrogens with two attached hydrogens (primary N) is 1. The SMILES string of the molecule is Nc1ccc(Sc2ccc(C(=O)O)cc2)c(Br)c1. The van der Waals surface area contributed by atoms with Crippen LogP contribution in [-0.4, -0.2) is 11.1 Å². The van der Waals surface area contributed by atoms with Gasteiger partial charge in [0.25, 0.3) is 0 Å². The minimum absolute atomic E-state index is 0.288. The van der Waals surface area contributed by atoms with E-state index in [2.05, 4.69) is 15.9 Å². The number of nitrogen functional groups attached to an aromatic ring is 1. The lowest BCUT2D eigenvalue weighted by Gasteiger charge is -2.05. The molecule has 92 valence electrons. The van der Waals surface area contributed by atoms with Crippen molar-refractivity contribution in [3.8, 4) is 0 Å². The number of hydrogen-bond donors (Lipinski definition) is 2. The van der Waals surface area contributed by atoms with Gasteiger partial charge in [0.05, 0.1) is 5.56 Å². The molecule has 0 atom stereocenters. The van der Waals surface area contributed by atoms with Crippen LogP contribution >= 0.6 is 27.7 Å². The topological polar surface area (TPSA) is 63.3 Å². The van der Waals surface area contributed by atoms with Crippen molar-refractivity contribution in [2.75, 3.05) is 5.73 Å². The summed E-state index contributed by atoms with van der Waals surface area (Å²) in [5.41, 5.74) is 6.66. The molecule has 0 amide bonds. The average Bonchev–Trinajstić information content (AvgIpc) is 2.33. The van der Waals surface area contributed by atoms with Crippen LogP contribution in [0.2, 0.25) is 0 Å². The Labute approximate surface area is 117 Å². The smallest absolute Gasteiger partial charge is 0.335 e. The van der Waals surface area contributed by atoms with E-state index in [1.807, 2.05) is 18.2 Å². The lowest BCUT2D eigenvalue weighted by Crippen LogP contribution is -1.94. The number of carbonyl (C=O) groups is 1. The van der Waals surface area contributed by atoms with Gasteiger partial charge in [-0.2, -0.15) is 0 Å². The van der Waals surface area contributed by atoms with Crippen LogP contribution in [0.3, 0.4) is 0 Å². The first-order chi connectivity index (χ1) is 8.56. The van der Waals surface area contributed by atoms with Gasteiger partial charge in [-0.1, -0.05) is 11.8 Å². The summed E-state index contributed by atoms with van der Waals surface area (Å²) in [7, 11) is 0. The Morgan fingerprint density at radius 2 is 1.83 bits per heavy atom. The van der Waals surface area contributed by atoms with E-state index in [9.17, 15) is 4.79 Å². The highest BCUT2D eigenvalue weighted by Crippen LogP contribution is 2.34. The molecular formula is C13H10BrNO2S. The molecule has 0 saturated carbocycles. The molecule has 2 aromatic rings. The Hall–Kier alpha value is -1.46. The number of hydrogen-bond acceptors (Lipinski definition) is 3. The fraction of sp³-hybridized carbons (Fsp3) is 0. The van der Waals surface area contributed by atoms with Crippen LogP contribution < -0.4 is 5.73 Å². The summed E-state index contributed by atoms with van der Waals surface area (Å²) in [6.45, 7) is 0. The van der Waals surface area contributed by atoms with Gasteiger partial charge in [0.1, 0.15) is 0 Å². The zero-order valence-electron chi connectivity index (χ0n) is 9.26. The number of rotatable bonds is 3. The Balaban J connectivity index is 2.21. The van der Waals surface area contributed by atoms with Crippen LogP contribution in [0.1, 0.15) is 10.4 Å². The molecule has 0 radical (unpaired) electrons. The molecule has 0 saturated heterocycles. The van der Waals surface area contributed by atoms with E-state index in [1.165, 1.54) is 0 Å². The zero-order chi connectivity index (χ0) is 13.1. The van der Waals surface area contributed by atoms with Crippen molar-refractivity contribution in [3.05, 3.63) is 52.5 Å². The van der Waals surface area contributed by atoms with Crippen molar-refractivity contribution in [1.82, 2.24) is 0 Å². The lowest BCUT2D eigenvalue weighted by molar-refractivity contribution is 0.0697. The highest BCUT2D eigenvalue weighted by molar-refractivity contribution is 9.10. The Morgan fingerprint density at radius 1 is 1.17 bits per heavy atom. The molecule has 3 N–H and O–H groups in total. The summed E-state index contributed by atoms with van der Waals surface area (Å²) < 4.78 is 0.926. The average molecular weight is 324 g/mol. The van der Waals surface area contributed by atoms with E-state index in [0.29, 0.717) is 5.69 Å².